The second-order valence-electron chi connectivity index (χ2n) is 7.79. The number of aromatic amines is 1. The molecule has 3 heteroatoms. The van der Waals surface area contributed by atoms with Gasteiger partial charge in [-0.1, -0.05) is 61.5 Å². The molecule has 0 atom stereocenters. The Morgan fingerprint density at radius 3 is 2.23 bits per heavy atom. The summed E-state index contributed by atoms with van der Waals surface area (Å²) in [6.07, 6.45) is 1.07. The van der Waals surface area contributed by atoms with Gasteiger partial charge in [0.1, 0.15) is 0 Å². The first-order valence-electron chi connectivity index (χ1n) is 10.9. The predicted molar refractivity (Wildman–Crippen MR) is 143 cm³/mol. The smallest absolute Gasteiger partial charge is 0.0497 e. The summed E-state index contributed by atoms with van der Waals surface area (Å²) < 4.78 is 3.67. The average molecular weight is 516 g/mol. The summed E-state index contributed by atoms with van der Waals surface area (Å²) in [6.45, 7) is 5.41. The van der Waals surface area contributed by atoms with Gasteiger partial charge in [0, 0.05) is 53.7 Å². The fraction of sp³-hybridized carbons (Fsp3) is 0.143. The van der Waals surface area contributed by atoms with Crippen molar-refractivity contribution in [1.29, 1.82) is 0 Å². The summed E-state index contributed by atoms with van der Waals surface area (Å²) >= 11 is 2.37. The average Bonchev–Trinajstić information content (AvgIpc) is 3.34. The standard InChI is InChI=1S/C14H12IN.C14H13N/c1-2-16-13-6-4-3-5-11(13)12-9-10(15)7-8-14(12)16;1-2-10-6-5-8-12-11-7-3-4-9-13(11)15-14(10)12/h3-9H,2H2,1H3;3-9,15H,2H2,1H3. The first-order valence-corrected chi connectivity index (χ1v) is 11.9. The van der Waals surface area contributed by atoms with Crippen LogP contribution in [0.5, 0.6) is 0 Å². The number of hydrogen-bond acceptors (Lipinski definition) is 0. The van der Waals surface area contributed by atoms with Gasteiger partial charge < -0.3 is 9.55 Å². The van der Waals surface area contributed by atoms with E-state index in [0.717, 1.165) is 13.0 Å². The molecule has 0 unspecified atom stereocenters. The van der Waals surface area contributed by atoms with E-state index in [1.807, 2.05) is 0 Å². The third kappa shape index (κ3) is 3.51. The monoisotopic (exact) mass is 516 g/mol. The predicted octanol–water partition coefficient (Wildman–Crippen LogP) is 8.30. The quantitative estimate of drug-likeness (QED) is 0.224. The van der Waals surface area contributed by atoms with Crippen LogP contribution in [0.4, 0.5) is 0 Å². The van der Waals surface area contributed by atoms with Gasteiger partial charge in [-0.25, -0.2) is 0 Å². The lowest BCUT2D eigenvalue weighted by atomic mass is 10.1. The van der Waals surface area contributed by atoms with E-state index in [-0.39, 0.29) is 0 Å². The van der Waals surface area contributed by atoms with Crippen molar-refractivity contribution in [3.8, 4) is 0 Å². The van der Waals surface area contributed by atoms with E-state index in [1.54, 1.807) is 0 Å². The molecule has 31 heavy (non-hydrogen) atoms. The highest BCUT2D eigenvalue weighted by atomic mass is 127. The molecule has 0 bridgehead atoms. The zero-order valence-corrected chi connectivity index (χ0v) is 20.0. The van der Waals surface area contributed by atoms with Crippen LogP contribution in [0.3, 0.4) is 0 Å². The minimum atomic E-state index is 1.02. The van der Waals surface area contributed by atoms with Crippen molar-refractivity contribution >= 4 is 66.2 Å². The number of H-pyrrole nitrogens is 1. The topological polar surface area (TPSA) is 20.7 Å². The highest BCUT2D eigenvalue weighted by molar-refractivity contribution is 14.1. The molecule has 2 heterocycles. The molecule has 0 aliphatic carbocycles. The lowest BCUT2D eigenvalue weighted by molar-refractivity contribution is 0.827. The highest BCUT2D eigenvalue weighted by Crippen LogP contribution is 2.30. The zero-order chi connectivity index (χ0) is 21.4. The highest BCUT2D eigenvalue weighted by Gasteiger charge is 2.08. The number of hydrogen-bond donors (Lipinski definition) is 1. The molecule has 0 amide bonds. The summed E-state index contributed by atoms with van der Waals surface area (Å²) in [6, 6.07) is 30.3. The van der Waals surface area contributed by atoms with Crippen molar-refractivity contribution in [1.82, 2.24) is 9.55 Å². The molecule has 0 saturated heterocycles. The van der Waals surface area contributed by atoms with Gasteiger partial charge >= 0.3 is 0 Å². The molecule has 1 N–H and O–H groups in total. The van der Waals surface area contributed by atoms with E-state index >= 15 is 0 Å². The number of fused-ring (bicyclic) bond motifs is 6. The Kier molecular flexibility index (Phi) is 5.45. The van der Waals surface area contributed by atoms with Gasteiger partial charge in [0.25, 0.3) is 0 Å². The zero-order valence-electron chi connectivity index (χ0n) is 17.8. The van der Waals surface area contributed by atoms with Gasteiger partial charge in [0.2, 0.25) is 0 Å². The van der Waals surface area contributed by atoms with Crippen LogP contribution in [0, 0.1) is 3.57 Å². The van der Waals surface area contributed by atoms with Crippen LogP contribution in [-0.2, 0) is 13.0 Å². The van der Waals surface area contributed by atoms with Crippen molar-refractivity contribution < 1.29 is 0 Å². The number of aromatic nitrogens is 2. The maximum Gasteiger partial charge on any atom is 0.0497 e. The molecule has 0 aliphatic rings. The molecular formula is C28H25IN2. The second kappa shape index (κ2) is 8.39. The molecular weight excluding hydrogens is 491 g/mol. The van der Waals surface area contributed by atoms with E-state index in [1.165, 1.54) is 52.7 Å². The molecule has 0 aliphatic heterocycles. The number of rotatable bonds is 2. The van der Waals surface area contributed by atoms with E-state index < -0.39 is 0 Å². The largest absolute Gasteiger partial charge is 0.354 e. The van der Waals surface area contributed by atoms with Crippen molar-refractivity contribution in [2.24, 2.45) is 0 Å². The molecule has 0 spiro atoms. The minimum Gasteiger partial charge on any atom is -0.354 e. The number of aryl methyl sites for hydroxylation is 2. The maximum absolute atomic E-state index is 3.50. The van der Waals surface area contributed by atoms with Gasteiger partial charge in [-0.2, -0.15) is 0 Å². The van der Waals surface area contributed by atoms with E-state index in [9.17, 15) is 0 Å². The molecule has 0 saturated carbocycles. The van der Waals surface area contributed by atoms with Crippen LogP contribution >= 0.6 is 22.6 Å². The second-order valence-corrected chi connectivity index (χ2v) is 9.03. The van der Waals surface area contributed by atoms with Crippen LogP contribution in [0.2, 0.25) is 0 Å². The lowest BCUT2D eigenvalue weighted by Gasteiger charge is -2.02. The Morgan fingerprint density at radius 1 is 0.710 bits per heavy atom. The van der Waals surface area contributed by atoms with Crippen molar-refractivity contribution in [3.63, 3.8) is 0 Å². The third-order valence-corrected chi connectivity index (χ3v) is 6.73. The van der Waals surface area contributed by atoms with E-state index in [0.29, 0.717) is 0 Å². The van der Waals surface area contributed by atoms with Gasteiger partial charge in [-0.15, -0.1) is 0 Å². The molecule has 6 aromatic rings. The molecule has 154 valence electrons. The van der Waals surface area contributed by atoms with Crippen molar-refractivity contribution in [2.75, 3.05) is 0 Å². The number of halogens is 1. The van der Waals surface area contributed by atoms with Crippen LogP contribution in [-0.4, -0.2) is 9.55 Å². The molecule has 6 rings (SSSR count). The summed E-state index contributed by atoms with van der Waals surface area (Å²) in [7, 11) is 0. The van der Waals surface area contributed by atoms with E-state index in [2.05, 4.69) is 131 Å². The summed E-state index contributed by atoms with van der Waals surface area (Å²) in [5.41, 5.74) is 6.59. The molecule has 4 aromatic carbocycles. The summed E-state index contributed by atoms with van der Waals surface area (Å²) in [5, 5.41) is 5.38. The fourth-order valence-electron chi connectivity index (χ4n) is 4.60. The van der Waals surface area contributed by atoms with Crippen molar-refractivity contribution in [3.05, 3.63) is 94.1 Å². The normalized spacial score (nSPS) is 11.3. The minimum absolute atomic E-state index is 1.02. The maximum atomic E-state index is 3.50. The molecule has 0 fully saturated rings. The number of benzene rings is 4. The van der Waals surface area contributed by atoms with Crippen LogP contribution in [0.15, 0.2) is 84.9 Å². The Morgan fingerprint density at radius 2 is 1.42 bits per heavy atom. The lowest BCUT2D eigenvalue weighted by Crippen LogP contribution is -1.92. The van der Waals surface area contributed by atoms with Gasteiger partial charge in [0.15, 0.2) is 0 Å². The Hall–Kier alpha value is -2.79. The van der Waals surface area contributed by atoms with Crippen molar-refractivity contribution in [2.45, 2.75) is 26.8 Å². The van der Waals surface area contributed by atoms with Gasteiger partial charge in [0.05, 0.1) is 0 Å². The molecule has 2 aromatic heterocycles. The Balaban J connectivity index is 0.000000132. The first-order chi connectivity index (χ1) is 15.2. The molecule has 2 nitrogen and oxygen atoms in total. The van der Waals surface area contributed by atoms with Gasteiger partial charge in [-0.3, -0.25) is 0 Å². The van der Waals surface area contributed by atoms with Gasteiger partial charge in [-0.05, 0) is 71.8 Å². The fourth-order valence-corrected chi connectivity index (χ4v) is 5.09. The number of nitrogens with zero attached hydrogens (tertiary/aromatic N) is 1. The van der Waals surface area contributed by atoms with Crippen LogP contribution in [0.25, 0.3) is 43.6 Å². The third-order valence-electron chi connectivity index (χ3n) is 6.06. The van der Waals surface area contributed by atoms with E-state index in [4.69, 9.17) is 0 Å². The van der Waals surface area contributed by atoms with Crippen LogP contribution in [0.1, 0.15) is 19.4 Å². The van der Waals surface area contributed by atoms with Crippen LogP contribution < -0.4 is 0 Å². The summed E-state index contributed by atoms with van der Waals surface area (Å²) in [4.78, 5) is 3.50. The Bertz CT molecular complexity index is 1520. The SMILES string of the molecule is CCc1cccc2c1[nH]c1ccccc12.CCn1c2ccccc2c2cc(I)ccc21. The number of para-hydroxylation sites is 3. The number of nitrogens with one attached hydrogen (secondary N) is 1. The first kappa shape index (κ1) is 20.1. The summed E-state index contributed by atoms with van der Waals surface area (Å²) in [5.74, 6) is 0. The Labute approximate surface area is 196 Å². The molecule has 0 radical (unpaired) electrons.